The number of ether oxygens (including phenoxy) is 2. The van der Waals surface area contributed by atoms with Gasteiger partial charge in [0, 0.05) is 11.5 Å². The molecule has 94 valence electrons. The van der Waals surface area contributed by atoms with Gasteiger partial charge in [0.25, 0.3) is 0 Å². The van der Waals surface area contributed by atoms with E-state index in [1.165, 1.54) is 36.0 Å². The first-order chi connectivity index (χ1) is 8.79. The molecule has 0 N–H and O–H groups in total. The van der Waals surface area contributed by atoms with Crippen LogP contribution >= 0.6 is 0 Å². The van der Waals surface area contributed by atoms with E-state index in [9.17, 15) is 0 Å². The highest BCUT2D eigenvalue weighted by Crippen LogP contribution is 2.57. The SMILES string of the molecule is C=C1CCC2CCc3ccc(OC)c4c3C2[C@@H]1O4. The number of hydrogen-bond acceptors (Lipinski definition) is 2. The Morgan fingerprint density at radius 1 is 1.28 bits per heavy atom. The van der Waals surface area contributed by atoms with E-state index in [1.54, 1.807) is 7.11 Å². The highest BCUT2D eigenvalue weighted by atomic mass is 16.5. The van der Waals surface area contributed by atoms with Crippen molar-refractivity contribution in [3.05, 3.63) is 35.4 Å². The number of hydrogen-bond donors (Lipinski definition) is 0. The molecule has 0 radical (unpaired) electrons. The van der Waals surface area contributed by atoms with Crippen LogP contribution in [0.1, 0.15) is 36.3 Å². The molecule has 1 aliphatic heterocycles. The second-order valence-electron chi connectivity index (χ2n) is 5.73. The van der Waals surface area contributed by atoms with Crippen molar-refractivity contribution in [3.8, 4) is 11.5 Å². The molecular formula is C16H18O2. The topological polar surface area (TPSA) is 18.5 Å². The Hall–Kier alpha value is -1.44. The van der Waals surface area contributed by atoms with Crippen LogP contribution < -0.4 is 9.47 Å². The van der Waals surface area contributed by atoms with E-state index in [2.05, 4.69) is 18.7 Å². The van der Waals surface area contributed by atoms with Crippen LogP contribution in [0.3, 0.4) is 0 Å². The van der Waals surface area contributed by atoms with Crippen molar-refractivity contribution in [2.24, 2.45) is 5.92 Å². The molecule has 1 aromatic rings. The maximum atomic E-state index is 6.21. The van der Waals surface area contributed by atoms with E-state index in [0.29, 0.717) is 5.92 Å². The van der Waals surface area contributed by atoms with Crippen LogP contribution in [0, 0.1) is 5.92 Å². The van der Waals surface area contributed by atoms with E-state index in [4.69, 9.17) is 9.47 Å². The number of aryl methyl sites for hydroxylation is 1. The summed E-state index contributed by atoms with van der Waals surface area (Å²) in [5, 5.41) is 0. The highest BCUT2D eigenvalue weighted by Gasteiger charge is 2.47. The van der Waals surface area contributed by atoms with Gasteiger partial charge in [-0.05, 0) is 48.8 Å². The number of benzene rings is 1. The second-order valence-corrected chi connectivity index (χ2v) is 5.73. The van der Waals surface area contributed by atoms with Gasteiger partial charge in [0.05, 0.1) is 7.11 Å². The van der Waals surface area contributed by atoms with Crippen molar-refractivity contribution < 1.29 is 9.47 Å². The number of methoxy groups -OCH3 is 1. The van der Waals surface area contributed by atoms with Crippen molar-refractivity contribution >= 4 is 0 Å². The lowest BCUT2D eigenvalue weighted by Gasteiger charge is -2.37. The van der Waals surface area contributed by atoms with Gasteiger partial charge in [-0.1, -0.05) is 12.6 Å². The van der Waals surface area contributed by atoms with Gasteiger partial charge in [0.15, 0.2) is 11.5 Å². The van der Waals surface area contributed by atoms with Crippen LogP contribution in [-0.4, -0.2) is 13.2 Å². The smallest absolute Gasteiger partial charge is 0.166 e. The molecule has 18 heavy (non-hydrogen) atoms. The largest absolute Gasteiger partial charge is 0.493 e. The summed E-state index contributed by atoms with van der Waals surface area (Å²) in [6.45, 7) is 4.22. The Morgan fingerprint density at radius 2 is 2.11 bits per heavy atom. The minimum Gasteiger partial charge on any atom is -0.493 e. The van der Waals surface area contributed by atoms with Gasteiger partial charge in [0.1, 0.15) is 6.10 Å². The summed E-state index contributed by atoms with van der Waals surface area (Å²) < 4.78 is 11.7. The van der Waals surface area contributed by atoms with Gasteiger partial charge < -0.3 is 9.47 Å². The van der Waals surface area contributed by atoms with Crippen molar-refractivity contribution in [1.29, 1.82) is 0 Å². The minimum atomic E-state index is 0.203. The second kappa shape index (κ2) is 3.53. The molecule has 4 rings (SSSR count). The Kier molecular flexibility index (Phi) is 2.06. The van der Waals surface area contributed by atoms with Gasteiger partial charge >= 0.3 is 0 Å². The molecule has 0 amide bonds. The molecule has 0 saturated heterocycles. The zero-order valence-electron chi connectivity index (χ0n) is 10.7. The summed E-state index contributed by atoms with van der Waals surface area (Å²) in [4.78, 5) is 0. The van der Waals surface area contributed by atoms with Gasteiger partial charge in [-0.3, -0.25) is 0 Å². The predicted molar refractivity (Wildman–Crippen MR) is 70.3 cm³/mol. The molecule has 0 aromatic heterocycles. The summed E-state index contributed by atoms with van der Waals surface area (Å²) in [7, 11) is 1.72. The summed E-state index contributed by atoms with van der Waals surface area (Å²) in [5.74, 6) is 3.20. The van der Waals surface area contributed by atoms with Gasteiger partial charge in [-0.2, -0.15) is 0 Å². The van der Waals surface area contributed by atoms with Gasteiger partial charge in [0.2, 0.25) is 0 Å². The maximum absolute atomic E-state index is 6.21. The first-order valence-corrected chi connectivity index (χ1v) is 6.83. The fourth-order valence-corrected chi connectivity index (χ4v) is 4.02. The first kappa shape index (κ1) is 10.5. The third-order valence-corrected chi connectivity index (χ3v) is 4.91. The Balaban J connectivity index is 1.92. The van der Waals surface area contributed by atoms with Crippen molar-refractivity contribution in [3.63, 3.8) is 0 Å². The molecule has 0 spiro atoms. The van der Waals surface area contributed by atoms with Crippen LogP contribution in [0.5, 0.6) is 11.5 Å². The quantitative estimate of drug-likeness (QED) is 0.702. The van der Waals surface area contributed by atoms with E-state index in [0.717, 1.165) is 23.8 Å². The third kappa shape index (κ3) is 1.18. The lowest BCUT2D eigenvalue weighted by atomic mass is 9.66. The van der Waals surface area contributed by atoms with E-state index in [-0.39, 0.29) is 6.10 Å². The van der Waals surface area contributed by atoms with Crippen molar-refractivity contribution in [2.75, 3.05) is 7.11 Å². The highest BCUT2D eigenvalue weighted by molar-refractivity contribution is 5.58. The minimum absolute atomic E-state index is 0.203. The van der Waals surface area contributed by atoms with Crippen LogP contribution in [0.4, 0.5) is 0 Å². The zero-order valence-corrected chi connectivity index (χ0v) is 10.7. The number of rotatable bonds is 1. The molecule has 2 heteroatoms. The summed E-state index contributed by atoms with van der Waals surface area (Å²) in [6, 6.07) is 4.27. The van der Waals surface area contributed by atoms with E-state index in [1.807, 2.05) is 0 Å². The van der Waals surface area contributed by atoms with Crippen LogP contribution in [0.2, 0.25) is 0 Å². The van der Waals surface area contributed by atoms with E-state index < -0.39 is 0 Å². The molecule has 0 bridgehead atoms. The van der Waals surface area contributed by atoms with E-state index >= 15 is 0 Å². The molecule has 1 fully saturated rings. The molecule has 2 unspecified atom stereocenters. The standard InChI is InChI=1S/C16H18O2/c1-9-3-4-10-5-6-11-7-8-12(17-2)16-14(11)13(10)15(9)18-16/h7-8,10,13,15H,1,3-6H2,2H3/t10?,13?,15-/m1/s1. The monoisotopic (exact) mass is 242 g/mol. The van der Waals surface area contributed by atoms with Gasteiger partial charge in [-0.15, -0.1) is 0 Å². The van der Waals surface area contributed by atoms with Crippen molar-refractivity contribution in [1.82, 2.24) is 0 Å². The normalized spacial score (nSPS) is 31.8. The average Bonchev–Trinajstić information content (AvgIpc) is 2.81. The maximum Gasteiger partial charge on any atom is 0.166 e. The first-order valence-electron chi connectivity index (χ1n) is 6.83. The lowest BCUT2D eigenvalue weighted by Crippen LogP contribution is -2.34. The fourth-order valence-electron chi connectivity index (χ4n) is 4.02. The van der Waals surface area contributed by atoms with Crippen molar-refractivity contribution in [2.45, 2.75) is 37.7 Å². The third-order valence-electron chi connectivity index (χ3n) is 4.91. The summed E-state index contributed by atoms with van der Waals surface area (Å²) in [6.07, 6.45) is 5.10. The Bertz CT molecular complexity index is 532. The fraction of sp³-hybridized carbons (Fsp3) is 0.500. The van der Waals surface area contributed by atoms with Crippen LogP contribution in [-0.2, 0) is 6.42 Å². The Labute approximate surface area is 108 Å². The molecular weight excluding hydrogens is 224 g/mol. The van der Waals surface area contributed by atoms with Gasteiger partial charge in [-0.25, -0.2) is 0 Å². The summed E-state index contributed by atoms with van der Waals surface area (Å²) in [5.41, 5.74) is 4.16. The van der Waals surface area contributed by atoms with Crippen LogP contribution in [0.25, 0.3) is 0 Å². The molecule has 3 aliphatic rings. The average molecular weight is 242 g/mol. The zero-order chi connectivity index (χ0) is 12.3. The van der Waals surface area contributed by atoms with Crippen LogP contribution in [0.15, 0.2) is 24.3 Å². The summed E-state index contributed by atoms with van der Waals surface area (Å²) >= 11 is 0. The molecule has 2 nitrogen and oxygen atoms in total. The predicted octanol–water partition coefficient (Wildman–Crippen LogP) is 3.45. The molecule has 1 saturated carbocycles. The Morgan fingerprint density at radius 3 is 2.94 bits per heavy atom. The lowest BCUT2D eigenvalue weighted by molar-refractivity contribution is 0.165. The molecule has 1 aromatic carbocycles. The molecule has 3 atom stereocenters. The molecule has 1 heterocycles. The molecule has 2 aliphatic carbocycles.